The molecule has 2 aliphatic carbocycles. The number of halogens is 2. The zero-order valence-corrected chi connectivity index (χ0v) is 26.1. The molecular formula is C37H35F2N3O5. The summed E-state index contributed by atoms with van der Waals surface area (Å²) in [6.07, 6.45) is 5.46. The average Bonchev–Trinajstić information content (AvgIpc) is 3.64. The average molecular weight is 640 g/mol. The van der Waals surface area contributed by atoms with E-state index in [9.17, 15) is 14.0 Å². The van der Waals surface area contributed by atoms with E-state index in [1.165, 1.54) is 25.4 Å². The fourth-order valence-corrected chi connectivity index (χ4v) is 8.36. The van der Waals surface area contributed by atoms with Crippen LogP contribution < -0.4 is 0 Å². The molecule has 2 aromatic heterocycles. The maximum absolute atomic E-state index is 17.3. The number of esters is 1. The molecule has 3 aromatic carbocycles. The highest BCUT2D eigenvalue weighted by atomic mass is 19.1. The Morgan fingerprint density at radius 3 is 2.40 bits per heavy atom. The largest absolute Gasteiger partial charge is 0.469 e. The Labute approximate surface area is 270 Å². The van der Waals surface area contributed by atoms with E-state index in [1.54, 1.807) is 12.1 Å². The number of benzene rings is 3. The monoisotopic (exact) mass is 639 g/mol. The summed E-state index contributed by atoms with van der Waals surface area (Å²) in [7, 11) is 1.42. The Balaban J connectivity index is 1.28. The second kappa shape index (κ2) is 11.6. The lowest BCUT2D eigenvalue weighted by molar-refractivity contribution is -0.159. The predicted octanol–water partition coefficient (Wildman–Crippen LogP) is 7.78. The van der Waals surface area contributed by atoms with Gasteiger partial charge in [-0.15, -0.1) is 0 Å². The molecule has 5 aromatic rings. The molecule has 0 radical (unpaired) electrons. The van der Waals surface area contributed by atoms with Crippen LogP contribution in [-0.4, -0.2) is 46.7 Å². The summed E-state index contributed by atoms with van der Waals surface area (Å²) >= 11 is 0. The molecule has 1 aliphatic heterocycles. The maximum atomic E-state index is 17.3. The molecule has 1 saturated heterocycles. The van der Waals surface area contributed by atoms with Crippen molar-refractivity contribution >= 4 is 33.9 Å². The molecule has 3 aliphatic rings. The molecule has 3 fully saturated rings. The Bertz CT molecular complexity index is 1980. The molecule has 47 heavy (non-hydrogen) atoms. The van der Waals surface area contributed by atoms with Gasteiger partial charge in [-0.3, -0.25) is 4.79 Å². The first-order chi connectivity index (χ1) is 22.9. The quantitative estimate of drug-likeness (QED) is 0.177. The van der Waals surface area contributed by atoms with Crippen LogP contribution in [0.1, 0.15) is 67.2 Å². The minimum absolute atomic E-state index is 0.0295. The van der Waals surface area contributed by atoms with Crippen molar-refractivity contribution in [1.82, 2.24) is 14.3 Å². The van der Waals surface area contributed by atoms with Crippen molar-refractivity contribution in [1.29, 1.82) is 0 Å². The molecule has 0 amide bonds. The van der Waals surface area contributed by atoms with E-state index in [0.717, 1.165) is 65.7 Å². The third kappa shape index (κ3) is 5.01. The fraction of sp³-hybridized carbons (Fsp3) is 0.378. The summed E-state index contributed by atoms with van der Waals surface area (Å²) in [6, 6.07) is 17.5. The van der Waals surface area contributed by atoms with Crippen molar-refractivity contribution in [2.75, 3.05) is 20.3 Å². The second-order valence-electron chi connectivity index (χ2n) is 13.3. The van der Waals surface area contributed by atoms with Crippen LogP contribution in [0.25, 0.3) is 27.5 Å². The fourth-order valence-electron chi connectivity index (χ4n) is 8.36. The summed E-state index contributed by atoms with van der Waals surface area (Å²) < 4.78 is 50.8. The van der Waals surface area contributed by atoms with Gasteiger partial charge in [0.15, 0.2) is 5.82 Å². The van der Waals surface area contributed by atoms with Gasteiger partial charge in [0.2, 0.25) is 0 Å². The number of nitrogens with zero attached hydrogens (tertiary/aromatic N) is 3. The number of aromatic nitrogens is 3. The van der Waals surface area contributed by atoms with Gasteiger partial charge < -0.3 is 18.8 Å². The highest BCUT2D eigenvalue weighted by Crippen LogP contribution is 2.66. The number of carbonyl (C=O) groups excluding carboxylic acids is 2. The van der Waals surface area contributed by atoms with Crippen LogP contribution in [0.3, 0.4) is 0 Å². The SMILES string of the molecule is COC(=O)C1CC2(C1)CC(c1c(C3CCOCC3)n(-c3ccc(F)cc3)c3cc4cnn(C(=O)OCc5ccccc5)c4c(F)c13)C2. The molecule has 0 N–H and O–H groups in total. The lowest BCUT2D eigenvalue weighted by Gasteiger charge is -2.57. The van der Waals surface area contributed by atoms with Crippen molar-refractivity contribution in [3.8, 4) is 5.69 Å². The first-order valence-electron chi connectivity index (χ1n) is 16.2. The van der Waals surface area contributed by atoms with Crippen LogP contribution >= 0.6 is 0 Å². The van der Waals surface area contributed by atoms with Gasteiger partial charge in [-0.1, -0.05) is 30.3 Å². The van der Waals surface area contributed by atoms with Crippen molar-refractivity contribution in [3.05, 3.63) is 95.3 Å². The van der Waals surface area contributed by atoms with Gasteiger partial charge >= 0.3 is 12.1 Å². The summed E-state index contributed by atoms with van der Waals surface area (Å²) in [6.45, 7) is 1.22. The Hall–Kier alpha value is -4.57. The highest BCUT2D eigenvalue weighted by Gasteiger charge is 2.56. The minimum atomic E-state index is -0.766. The summed E-state index contributed by atoms with van der Waals surface area (Å²) in [5.74, 6) is -1.01. The number of methoxy groups -OCH3 is 1. The van der Waals surface area contributed by atoms with Crippen LogP contribution in [0.2, 0.25) is 0 Å². The van der Waals surface area contributed by atoms with Gasteiger partial charge in [-0.25, -0.2) is 13.6 Å². The first kappa shape index (κ1) is 29.8. The lowest BCUT2D eigenvalue weighted by atomic mass is 9.47. The number of ether oxygens (including phenoxy) is 3. The molecule has 3 heterocycles. The van der Waals surface area contributed by atoms with Gasteiger partial charge in [0.05, 0.1) is 24.7 Å². The molecule has 8 rings (SSSR count). The third-order valence-corrected chi connectivity index (χ3v) is 10.5. The Morgan fingerprint density at radius 1 is 0.979 bits per heavy atom. The minimum Gasteiger partial charge on any atom is -0.469 e. The zero-order valence-electron chi connectivity index (χ0n) is 26.1. The highest BCUT2D eigenvalue weighted by molar-refractivity contribution is 6.02. The van der Waals surface area contributed by atoms with Crippen LogP contribution in [0.15, 0.2) is 66.9 Å². The van der Waals surface area contributed by atoms with Crippen LogP contribution in [0.5, 0.6) is 0 Å². The molecule has 0 bridgehead atoms. The Kier molecular flexibility index (Phi) is 7.35. The van der Waals surface area contributed by atoms with Crippen molar-refractivity contribution < 1.29 is 32.6 Å². The van der Waals surface area contributed by atoms with E-state index in [-0.39, 0.29) is 47.1 Å². The number of fused-ring (bicyclic) bond motifs is 2. The van der Waals surface area contributed by atoms with Crippen LogP contribution in [0.4, 0.5) is 13.6 Å². The number of rotatable bonds is 6. The maximum Gasteiger partial charge on any atom is 0.435 e. The molecule has 1 spiro atoms. The van der Waals surface area contributed by atoms with E-state index >= 15 is 4.39 Å². The molecule has 0 unspecified atom stereocenters. The second-order valence-corrected chi connectivity index (χ2v) is 13.3. The van der Waals surface area contributed by atoms with Crippen molar-refractivity contribution in [2.24, 2.45) is 11.3 Å². The summed E-state index contributed by atoms with van der Waals surface area (Å²) in [5, 5.41) is 5.18. The van der Waals surface area contributed by atoms with Crippen LogP contribution in [0, 0.1) is 23.0 Å². The summed E-state index contributed by atoms with van der Waals surface area (Å²) in [5.41, 5.74) is 4.23. The predicted molar refractivity (Wildman–Crippen MR) is 170 cm³/mol. The smallest absolute Gasteiger partial charge is 0.435 e. The van der Waals surface area contributed by atoms with E-state index in [0.29, 0.717) is 29.5 Å². The Morgan fingerprint density at radius 2 is 1.70 bits per heavy atom. The number of hydrogen-bond acceptors (Lipinski definition) is 6. The van der Waals surface area contributed by atoms with Gasteiger partial charge in [-0.2, -0.15) is 9.78 Å². The normalized spacial score (nSPS) is 22.7. The molecule has 0 atom stereocenters. The van der Waals surface area contributed by atoms with Crippen molar-refractivity contribution in [2.45, 2.75) is 57.0 Å². The molecule has 2 saturated carbocycles. The topological polar surface area (TPSA) is 84.6 Å². The van der Waals surface area contributed by atoms with Crippen molar-refractivity contribution in [3.63, 3.8) is 0 Å². The first-order valence-corrected chi connectivity index (χ1v) is 16.2. The van der Waals surface area contributed by atoms with E-state index in [1.807, 2.05) is 36.4 Å². The van der Waals surface area contributed by atoms with Crippen LogP contribution in [-0.2, 0) is 25.6 Å². The molecule has 8 nitrogen and oxygen atoms in total. The van der Waals surface area contributed by atoms with E-state index in [4.69, 9.17) is 14.2 Å². The van der Waals surface area contributed by atoms with Gasteiger partial charge in [0, 0.05) is 41.3 Å². The van der Waals surface area contributed by atoms with Gasteiger partial charge in [0.1, 0.15) is 17.9 Å². The zero-order chi connectivity index (χ0) is 32.3. The van der Waals surface area contributed by atoms with Gasteiger partial charge in [-0.05, 0) is 91.3 Å². The number of hydrogen-bond donors (Lipinski definition) is 0. The third-order valence-electron chi connectivity index (χ3n) is 10.5. The number of carbonyl (C=O) groups is 2. The summed E-state index contributed by atoms with van der Waals surface area (Å²) in [4.78, 5) is 25.5. The molecule has 242 valence electrons. The van der Waals surface area contributed by atoms with E-state index in [2.05, 4.69) is 9.67 Å². The standard InChI is InChI=1S/C37H35F2N3O5/c1-45-35(43)26-18-37(19-26)16-25(17-37)30-31-29(41(28-9-7-27(38)8-10-28)33(30)23-11-13-46-14-12-23)15-24-20-40-42(34(24)32(31)39)36(44)47-21-22-5-3-2-4-6-22/h2-10,15,20,23,25-26H,11-14,16-19,21H2,1H3. The lowest BCUT2D eigenvalue weighted by Crippen LogP contribution is -2.49. The molecule has 10 heteroatoms. The van der Waals surface area contributed by atoms with E-state index < -0.39 is 11.9 Å². The van der Waals surface area contributed by atoms with Gasteiger partial charge in [0.25, 0.3) is 0 Å². The molecular weight excluding hydrogens is 604 g/mol.